The summed E-state index contributed by atoms with van der Waals surface area (Å²) >= 11 is 1.98. The lowest BCUT2D eigenvalue weighted by Crippen LogP contribution is -2.58. The highest BCUT2D eigenvalue weighted by atomic mass is 32.2. The van der Waals surface area contributed by atoms with Gasteiger partial charge in [-0.15, -0.1) is 16.9 Å². The third-order valence-corrected chi connectivity index (χ3v) is 8.79. The van der Waals surface area contributed by atoms with E-state index in [0.29, 0.717) is 23.3 Å². The molecular weight excluding hydrogens is 402 g/mol. The summed E-state index contributed by atoms with van der Waals surface area (Å²) in [6.45, 7) is 6.72. The summed E-state index contributed by atoms with van der Waals surface area (Å²) in [5, 5.41) is 18.0. The fraction of sp³-hybridized carbons (Fsp3) is 0.952. The van der Waals surface area contributed by atoms with Gasteiger partial charge in [-0.1, -0.05) is 20.3 Å². The molecule has 0 radical (unpaired) electrons. The van der Waals surface area contributed by atoms with E-state index in [1.54, 1.807) is 0 Å². The van der Waals surface area contributed by atoms with Crippen molar-refractivity contribution in [2.24, 2.45) is 11.8 Å². The number of hydrazine groups is 3. The molecule has 4 fully saturated rings. The van der Waals surface area contributed by atoms with Crippen molar-refractivity contribution in [3.8, 4) is 0 Å². The molecule has 4 aliphatic rings. The van der Waals surface area contributed by atoms with Crippen LogP contribution in [0.1, 0.15) is 72.1 Å². The normalized spacial score (nSPS) is 43.8. The van der Waals surface area contributed by atoms with E-state index < -0.39 is 5.97 Å². The van der Waals surface area contributed by atoms with Gasteiger partial charge in [0.15, 0.2) is 0 Å². The Balaban J connectivity index is 1.42. The molecule has 0 aromatic carbocycles. The first-order valence-electron chi connectivity index (χ1n) is 11.8. The minimum atomic E-state index is -0.884. The zero-order valence-electron chi connectivity index (χ0n) is 18.5. The standard InChI is InChI=1S/C21H39N5O3S/c1-13-7-9-17(10-8-13)25-23-20(24-26(25)21-22-14(2)15(3)30-21)16-5-4-6-18(11-16)29-12-19(27)28/h13-18,20-24H,4-12H2,1-3H3,(H,27,28). The van der Waals surface area contributed by atoms with Gasteiger partial charge in [0, 0.05) is 17.3 Å². The first-order valence-corrected chi connectivity index (χ1v) is 12.7. The average molecular weight is 442 g/mol. The maximum absolute atomic E-state index is 10.9. The van der Waals surface area contributed by atoms with Gasteiger partial charge in [-0.05, 0) is 63.7 Å². The molecular formula is C21H39N5O3S. The van der Waals surface area contributed by atoms with Crippen LogP contribution in [0.4, 0.5) is 0 Å². The largest absolute Gasteiger partial charge is 0.480 e. The maximum Gasteiger partial charge on any atom is 0.329 e. The topological polar surface area (TPSA) is 89.1 Å². The zero-order valence-corrected chi connectivity index (χ0v) is 19.4. The summed E-state index contributed by atoms with van der Waals surface area (Å²) < 4.78 is 5.65. The molecule has 6 atom stereocenters. The Labute approximate surface area is 184 Å². The fourth-order valence-electron chi connectivity index (χ4n) is 5.27. The Morgan fingerprint density at radius 3 is 2.47 bits per heavy atom. The zero-order chi connectivity index (χ0) is 21.3. The number of carboxylic acids is 1. The summed E-state index contributed by atoms with van der Waals surface area (Å²) in [5.41, 5.74) is 7.81. The van der Waals surface area contributed by atoms with Crippen molar-refractivity contribution in [3.05, 3.63) is 0 Å². The van der Waals surface area contributed by atoms with Crippen molar-refractivity contribution in [2.45, 2.75) is 107 Å². The predicted octanol–water partition coefficient (Wildman–Crippen LogP) is 2.49. The number of aliphatic carboxylic acids is 1. The monoisotopic (exact) mass is 441 g/mol. The number of rotatable bonds is 6. The minimum absolute atomic E-state index is 0.0421. The molecule has 2 aliphatic carbocycles. The van der Waals surface area contributed by atoms with Gasteiger partial charge in [0.2, 0.25) is 0 Å². The first-order chi connectivity index (χ1) is 14.4. The first kappa shape index (κ1) is 22.8. The number of thioether (sulfide) groups is 1. The summed E-state index contributed by atoms with van der Waals surface area (Å²) in [4.78, 5) is 10.9. The molecule has 0 aromatic heterocycles. The van der Waals surface area contributed by atoms with E-state index in [2.05, 4.69) is 47.2 Å². The van der Waals surface area contributed by atoms with Crippen LogP contribution in [-0.2, 0) is 9.53 Å². The number of nitrogens with one attached hydrogen (secondary N) is 3. The van der Waals surface area contributed by atoms with Crippen LogP contribution < -0.4 is 16.2 Å². The van der Waals surface area contributed by atoms with Gasteiger partial charge in [-0.2, -0.15) is 5.12 Å². The summed E-state index contributed by atoms with van der Waals surface area (Å²) in [5.74, 6) is 0.366. The van der Waals surface area contributed by atoms with Gasteiger partial charge in [-0.25, -0.2) is 15.6 Å². The van der Waals surface area contributed by atoms with Crippen LogP contribution >= 0.6 is 11.8 Å². The SMILES string of the molecule is CC1CCC(N2NC(C3CCCC(OCC(=O)O)C3)NN2C2NC(C)C(C)S2)CC1. The van der Waals surface area contributed by atoms with Crippen molar-refractivity contribution >= 4 is 17.7 Å². The summed E-state index contributed by atoms with van der Waals surface area (Å²) in [6, 6.07) is 0.993. The van der Waals surface area contributed by atoms with Gasteiger partial charge >= 0.3 is 5.97 Å². The maximum atomic E-state index is 10.9. The van der Waals surface area contributed by atoms with Crippen LogP contribution in [0.5, 0.6) is 0 Å². The Morgan fingerprint density at radius 1 is 1.07 bits per heavy atom. The number of ether oxygens (including phenoxy) is 1. The quantitative estimate of drug-likeness (QED) is 0.496. The molecule has 2 heterocycles. The molecule has 6 unspecified atom stereocenters. The molecule has 0 bridgehead atoms. The molecule has 0 spiro atoms. The third kappa shape index (κ3) is 5.31. The van der Waals surface area contributed by atoms with Crippen LogP contribution in [0, 0.1) is 11.8 Å². The van der Waals surface area contributed by atoms with Crippen LogP contribution in [0.15, 0.2) is 0 Å². The van der Waals surface area contributed by atoms with Crippen molar-refractivity contribution in [1.29, 1.82) is 0 Å². The second kappa shape index (κ2) is 10.0. The molecule has 30 heavy (non-hydrogen) atoms. The smallest absolute Gasteiger partial charge is 0.329 e. The molecule has 9 heteroatoms. The number of nitrogens with zero attached hydrogens (tertiary/aromatic N) is 2. The lowest BCUT2D eigenvalue weighted by Gasteiger charge is -2.39. The van der Waals surface area contributed by atoms with E-state index >= 15 is 0 Å². The molecule has 0 aromatic rings. The highest BCUT2D eigenvalue weighted by molar-refractivity contribution is 8.00. The molecule has 4 N–H and O–H groups in total. The van der Waals surface area contributed by atoms with E-state index in [0.717, 1.165) is 31.6 Å². The van der Waals surface area contributed by atoms with Gasteiger partial charge in [0.1, 0.15) is 12.1 Å². The Kier molecular flexibility index (Phi) is 7.60. The Bertz CT molecular complexity index is 581. The molecule has 2 aliphatic heterocycles. The molecule has 2 saturated carbocycles. The van der Waals surface area contributed by atoms with Gasteiger partial charge in [0.05, 0.1) is 12.3 Å². The third-order valence-electron chi connectivity index (χ3n) is 7.36. The molecule has 172 valence electrons. The van der Waals surface area contributed by atoms with Gasteiger partial charge in [-0.3, -0.25) is 5.32 Å². The number of hydrogen-bond acceptors (Lipinski definition) is 8. The molecule has 8 nitrogen and oxygen atoms in total. The second-order valence-corrected chi connectivity index (χ2v) is 11.2. The number of hydrogen-bond donors (Lipinski definition) is 4. The van der Waals surface area contributed by atoms with E-state index in [4.69, 9.17) is 9.84 Å². The molecule has 4 rings (SSSR count). The van der Waals surface area contributed by atoms with E-state index in [9.17, 15) is 4.79 Å². The second-order valence-electron chi connectivity index (χ2n) is 9.74. The summed E-state index contributed by atoms with van der Waals surface area (Å²) in [7, 11) is 0. The molecule has 0 amide bonds. The highest BCUT2D eigenvalue weighted by Crippen LogP contribution is 2.36. The van der Waals surface area contributed by atoms with Crippen molar-refractivity contribution < 1.29 is 14.6 Å². The van der Waals surface area contributed by atoms with E-state index in [1.807, 2.05) is 11.8 Å². The Hall–Kier alpha value is -0.420. The van der Waals surface area contributed by atoms with Crippen molar-refractivity contribution in [1.82, 2.24) is 26.4 Å². The van der Waals surface area contributed by atoms with Gasteiger partial charge < -0.3 is 9.84 Å². The highest BCUT2D eigenvalue weighted by Gasteiger charge is 2.45. The molecule has 2 saturated heterocycles. The van der Waals surface area contributed by atoms with Crippen LogP contribution in [0.3, 0.4) is 0 Å². The van der Waals surface area contributed by atoms with Crippen LogP contribution in [0.2, 0.25) is 0 Å². The summed E-state index contributed by atoms with van der Waals surface area (Å²) in [6.07, 6.45) is 9.29. The number of carbonyl (C=O) groups is 1. The predicted molar refractivity (Wildman–Crippen MR) is 118 cm³/mol. The van der Waals surface area contributed by atoms with Crippen molar-refractivity contribution in [3.63, 3.8) is 0 Å². The average Bonchev–Trinajstić information content (AvgIpc) is 3.31. The van der Waals surface area contributed by atoms with E-state index in [-0.39, 0.29) is 24.4 Å². The number of carboxylic acid groups (broad SMARTS) is 1. The Morgan fingerprint density at radius 2 is 1.80 bits per heavy atom. The lowest BCUT2D eigenvalue weighted by molar-refractivity contribution is -0.145. The van der Waals surface area contributed by atoms with Crippen LogP contribution in [0.25, 0.3) is 0 Å². The van der Waals surface area contributed by atoms with E-state index in [1.165, 1.54) is 25.7 Å². The fourth-order valence-corrected chi connectivity index (χ4v) is 6.56. The van der Waals surface area contributed by atoms with Crippen LogP contribution in [-0.4, -0.2) is 63.0 Å². The minimum Gasteiger partial charge on any atom is -0.480 e. The van der Waals surface area contributed by atoms with Crippen molar-refractivity contribution in [2.75, 3.05) is 6.61 Å². The van der Waals surface area contributed by atoms with Gasteiger partial charge in [0.25, 0.3) is 0 Å². The lowest BCUT2D eigenvalue weighted by atomic mass is 9.85.